The van der Waals surface area contributed by atoms with E-state index in [1.165, 1.54) is 54.6 Å². The average molecular weight is 589 g/mol. The zero-order valence-corrected chi connectivity index (χ0v) is 22.7. The molecule has 0 aliphatic carbocycles. The van der Waals surface area contributed by atoms with Gasteiger partial charge in [0, 0.05) is 23.3 Å². The molecule has 11 heteroatoms. The number of ether oxygens (including phenoxy) is 1. The van der Waals surface area contributed by atoms with Gasteiger partial charge in [0.15, 0.2) is 6.10 Å². The summed E-state index contributed by atoms with van der Waals surface area (Å²) in [5.74, 6) is -2.74. The van der Waals surface area contributed by atoms with Crippen LogP contribution in [0.3, 0.4) is 0 Å². The van der Waals surface area contributed by atoms with Crippen LogP contribution in [0.2, 0.25) is 10.0 Å². The van der Waals surface area contributed by atoms with Crippen molar-refractivity contribution in [2.75, 3.05) is 4.90 Å². The third-order valence-electron chi connectivity index (χ3n) is 6.54. The van der Waals surface area contributed by atoms with E-state index >= 15 is 0 Å². The Labute approximate surface area is 243 Å². The van der Waals surface area contributed by atoms with Crippen LogP contribution in [-0.4, -0.2) is 28.5 Å². The number of anilines is 1. The first kappa shape index (κ1) is 27.7. The highest BCUT2D eigenvalue weighted by Gasteiger charge is 2.38. The molecule has 0 N–H and O–H groups in total. The van der Waals surface area contributed by atoms with E-state index in [0.29, 0.717) is 5.56 Å². The zero-order chi connectivity index (χ0) is 29.4. The average Bonchev–Trinajstić information content (AvgIpc) is 3.20. The number of nitrogens with zero attached hydrogens (tertiary/aromatic N) is 2. The lowest BCUT2D eigenvalue weighted by molar-refractivity contribution is -0.384. The monoisotopic (exact) mass is 588 g/mol. The number of nitro groups is 1. The van der Waals surface area contributed by atoms with Crippen molar-refractivity contribution in [2.45, 2.75) is 13.0 Å². The van der Waals surface area contributed by atoms with Crippen LogP contribution in [0.1, 0.15) is 58.7 Å². The number of rotatable bonds is 7. The van der Waals surface area contributed by atoms with Crippen molar-refractivity contribution in [3.05, 3.63) is 138 Å². The van der Waals surface area contributed by atoms with Gasteiger partial charge in [0.1, 0.15) is 0 Å². The summed E-state index contributed by atoms with van der Waals surface area (Å²) in [5.41, 5.74) is 1.05. The van der Waals surface area contributed by atoms with E-state index in [2.05, 4.69) is 0 Å². The molecule has 9 nitrogen and oxygen atoms in total. The molecule has 1 aliphatic heterocycles. The Kier molecular flexibility index (Phi) is 7.40. The third kappa shape index (κ3) is 5.20. The smallest absolute Gasteiger partial charge is 0.339 e. The second-order valence-electron chi connectivity index (χ2n) is 9.12. The lowest BCUT2D eigenvalue weighted by atomic mass is 9.99. The highest BCUT2D eigenvalue weighted by Crippen LogP contribution is 2.36. The quantitative estimate of drug-likeness (QED) is 0.0764. The number of carbonyl (C=O) groups is 4. The lowest BCUT2D eigenvalue weighted by Gasteiger charge is -2.20. The SMILES string of the molecule is Cc1ccc(C(=O)O[C@H](C(=O)c2ccccc2)c2ccc([N+](=O)[O-])cc2)cc1N1C(=O)c2cc(Cl)c(Cl)cc2C1=O. The van der Waals surface area contributed by atoms with Crippen molar-refractivity contribution in [3.63, 3.8) is 0 Å². The van der Waals surface area contributed by atoms with Gasteiger partial charge in [-0.05, 0) is 48.9 Å². The Morgan fingerprint density at radius 3 is 1.98 bits per heavy atom. The van der Waals surface area contributed by atoms with Crippen molar-refractivity contribution >= 4 is 58.1 Å². The Morgan fingerprint density at radius 2 is 1.41 bits per heavy atom. The molecular formula is C30H18Cl2N2O7. The van der Waals surface area contributed by atoms with Crippen LogP contribution >= 0.6 is 23.2 Å². The molecule has 0 radical (unpaired) electrons. The Hall–Kier alpha value is -4.86. The van der Waals surface area contributed by atoms with E-state index in [1.807, 2.05) is 0 Å². The first-order valence-corrected chi connectivity index (χ1v) is 12.9. The molecule has 0 saturated carbocycles. The molecule has 1 heterocycles. The van der Waals surface area contributed by atoms with Crippen LogP contribution in [0.25, 0.3) is 0 Å². The number of amides is 2. The van der Waals surface area contributed by atoms with Gasteiger partial charge in [0.2, 0.25) is 5.78 Å². The number of benzene rings is 4. The van der Waals surface area contributed by atoms with Crippen molar-refractivity contribution in [2.24, 2.45) is 0 Å². The number of halogens is 2. The molecule has 0 saturated heterocycles. The Bertz CT molecular complexity index is 1710. The summed E-state index contributed by atoms with van der Waals surface area (Å²) in [6.07, 6.45) is -1.43. The van der Waals surface area contributed by atoms with E-state index in [9.17, 15) is 29.3 Å². The molecule has 0 fully saturated rings. The first-order chi connectivity index (χ1) is 19.6. The number of imide groups is 1. The maximum atomic E-state index is 13.4. The van der Waals surface area contributed by atoms with Gasteiger partial charge in [-0.25, -0.2) is 9.69 Å². The molecule has 4 aromatic rings. The van der Waals surface area contributed by atoms with Crippen molar-refractivity contribution in [3.8, 4) is 0 Å². The minimum Gasteiger partial charge on any atom is -0.445 e. The van der Waals surface area contributed by atoms with Gasteiger partial charge < -0.3 is 4.74 Å². The number of carbonyl (C=O) groups excluding carboxylic acids is 4. The van der Waals surface area contributed by atoms with Crippen LogP contribution < -0.4 is 4.90 Å². The van der Waals surface area contributed by atoms with Gasteiger partial charge >= 0.3 is 5.97 Å². The molecule has 0 unspecified atom stereocenters. The highest BCUT2D eigenvalue weighted by molar-refractivity contribution is 6.44. The Balaban J connectivity index is 1.49. The molecule has 0 spiro atoms. The molecular weight excluding hydrogens is 571 g/mol. The van der Waals surface area contributed by atoms with E-state index in [4.69, 9.17) is 27.9 Å². The van der Waals surface area contributed by atoms with E-state index in [-0.39, 0.29) is 49.2 Å². The summed E-state index contributed by atoms with van der Waals surface area (Å²) in [6.45, 7) is 1.66. The van der Waals surface area contributed by atoms with Crippen LogP contribution in [-0.2, 0) is 4.74 Å². The number of Topliss-reactive ketones (excluding diaryl/α,β-unsaturated/α-hetero) is 1. The topological polar surface area (TPSA) is 124 Å². The third-order valence-corrected chi connectivity index (χ3v) is 7.26. The van der Waals surface area contributed by atoms with Gasteiger partial charge in [-0.15, -0.1) is 0 Å². The standard InChI is InChI=1S/C30H18Cl2N2O7/c1-16-7-8-19(13-25(16)33-28(36)21-14-23(31)24(32)15-22(21)29(33)37)30(38)41-27(26(35)17-5-3-2-4-6-17)18-9-11-20(12-10-18)34(39)40/h2-15,27H,1H3/t27-/m0/s1. The second kappa shape index (κ2) is 11.0. The maximum absolute atomic E-state index is 13.4. The van der Waals surface area contributed by atoms with E-state index < -0.39 is 34.6 Å². The number of non-ortho nitro benzene ring substituents is 1. The lowest BCUT2D eigenvalue weighted by Crippen LogP contribution is -2.30. The molecule has 2 amide bonds. The molecule has 5 rings (SSSR count). The van der Waals surface area contributed by atoms with E-state index in [1.54, 1.807) is 37.3 Å². The first-order valence-electron chi connectivity index (χ1n) is 12.1. The van der Waals surface area contributed by atoms with Crippen LogP contribution in [0.5, 0.6) is 0 Å². The summed E-state index contributed by atoms with van der Waals surface area (Å²) in [5, 5.41) is 11.3. The van der Waals surface area contributed by atoms with Crippen LogP contribution in [0.4, 0.5) is 11.4 Å². The second-order valence-corrected chi connectivity index (χ2v) is 9.94. The summed E-state index contributed by atoms with van der Waals surface area (Å²) in [6, 6.07) is 20.2. The molecule has 41 heavy (non-hydrogen) atoms. The van der Waals surface area contributed by atoms with Crippen molar-refractivity contribution in [1.82, 2.24) is 0 Å². The minimum absolute atomic E-state index is 0.0361. The number of nitro benzene ring substituents is 1. The van der Waals surface area contributed by atoms with Gasteiger partial charge in [-0.2, -0.15) is 0 Å². The van der Waals surface area contributed by atoms with Gasteiger partial charge in [-0.3, -0.25) is 24.5 Å². The summed E-state index contributed by atoms with van der Waals surface area (Å²) in [4.78, 5) is 64.6. The largest absolute Gasteiger partial charge is 0.445 e. The molecule has 1 aliphatic rings. The molecule has 1 atom stereocenters. The summed E-state index contributed by atoms with van der Waals surface area (Å²) in [7, 11) is 0. The normalized spacial score (nSPS) is 13.1. The molecule has 4 aromatic carbocycles. The molecule has 0 aromatic heterocycles. The fraction of sp³-hybridized carbons (Fsp3) is 0.0667. The number of hydrogen-bond donors (Lipinski definition) is 0. The van der Waals surface area contributed by atoms with E-state index in [0.717, 1.165) is 4.90 Å². The van der Waals surface area contributed by atoms with Gasteiger partial charge in [0.05, 0.1) is 37.3 Å². The van der Waals surface area contributed by atoms with Crippen LogP contribution in [0.15, 0.2) is 84.9 Å². The molecule has 0 bridgehead atoms. The molecule has 204 valence electrons. The number of hydrogen-bond acceptors (Lipinski definition) is 7. The fourth-order valence-corrected chi connectivity index (χ4v) is 4.73. The fourth-order valence-electron chi connectivity index (χ4n) is 4.40. The number of esters is 1. The number of aryl methyl sites for hydroxylation is 1. The van der Waals surface area contributed by atoms with Crippen molar-refractivity contribution in [1.29, 1.82) is 0 Å². The predicted octanol–water partition coefficient (Wildman–Crippen LogP) is 6.79. The van der Waals surface area contributed by atoms with Gasteiger partial charge in [-0.1, -0.05) is 59.6 Å². The Morgan fingerprint density at radius 1 is 0.829 bits per heavy atom. The zero-order valence-electron chi connectivity index (χ0n) is 21.2. The predicted molar refractivity (Wildman–Crippen MR) is 151 cm³/mol. The van der Waals surface area contributed by atoms with Crippen LogP contribution in [0, 0.1) is 17.0 Å². The maximum Gasteiger partial charge on any atom is 0.339 e. The summed E-state index contributed by atoms with van der Waals surface area (Å²) < 4.78 is 5.66. The van der Waals surface area contributed by atoms with Crippen molar-refractivity contribution < 1.29 is 28.8 Å². The summed E-state index contributed by atoms with van der Waals surface area (Å²) >= 11 is 12.1. The number of fused-ring (bicyclic) bond motifs is 1. The number of ketones is 1. The highest BCUT2D eigenvalue weighted by atomic mass is 35.5. The minimum atomic E-state index is -1.43. The van der Waals surface area contributed by atoms with Gasteiger partial charge in [0.25, 0.3) is 17.5 Å².